The number of rotatable bonds is 6. The van der Waals surface area contributed by atoms with Crippen molar-refractivity contribution in [1.82, 2.24) is 5.32 Å². The number of nitrogens with one attached hydrogen (secondary N) is 2. The minimum Gasteiger partial charge on any atom is -0.348 e. The number of halogens is 2. The van der Waals surface area contributed by atoms with Crippen molar-refractivity contribution in [1.29, 1.82) is 0 Å². The maximum atomic E-state index is 14.1. The number of benzene rings is 3. The van der Waals surface area contributed by atoms with Crippen LogP contribution < -0.4 is 21.3 Å². The summed E-state index contributed by atoms with van der Waals surface area (Å²) in [5.74, 6) is -3.22. The number of nitrogens with two attached hydrogens (primary N) is 1. The van der Waals surface area contributed by atoms with E-state index in [0.29, 0.717) is 30.0 Å². The van der Waals surface area contributed by atoms with Crippen LogP contribution in [0.1, 0.15) is 70.4 Å². The topological polar surface area (TPSA) is 105 Å². The van der Waals surface area contributed by atoms with Crippen LogP contribution in [0.4, 0.5) is 20.2 Å². The van der Waals surface area contributed by atoms with Crippen LogP contribution in [0.15, 0.2) is 60.7 Å². The van der Waals surface area contributed by atoms with Gasteiger partial charge >= 0.3 is 0 Å². The van der Waals surface area contributed by atoms with Crippen LogP contribution >= 0.6 is 0 Å². The minimum atomic E-state index is -1.12. The van der Waals surface area contributed by atoms with Gasteiger partial charge in [0.1, 0.15) is 0 Å². The Bertz CT molecular complexity index is 1440. The van der Waals surface area contributed by atoms with Gasteiger partial charge in [-0.1, -0.05) is 43.5 Å². The predicted molar refractivity (Wildman–Crippen MR) is 149 cm³/mol. The molecular formula is C31H32F2N4O3. The highest BCUT2D eigenvalue weighted by atomic mass is 19.2. The number of anilines is 2. The smallest absolute Gasteiger partial charge is 0.258 e. The molecule has 1 aliphatic heterocycles. The van der Waals surface area contributed by atoms with E-state index in [4.69, 9.17) is 5.73 Å². The molecule has 3 aromatic carbocycles. The second-order valence-corrected chi connectivity index (χ2v) is 10.5. The fraction of sp³-hybridized carbons (Fsp3) is 0.323. The molecule has 1 aliphatic carbocycles. The standard InChI is InChI=1S/C31H32F2N4O3/c32-24-11-9-23(14-25(24)33)31(40)37-27-12-10-22(30(39)35-18-20-6-4-5-19(13-20)17-34)15-26(27)36-29(38)16-28(37)21-7-2-1-3-8-21/h4-6,9-15,21,28H,1-3,7-8,16-18,34H2,(H,35,39)(H,36,38). The summed E-state index contributed by atoms with van der Waals surface area (Å²) in [6.07, 6.45) is 4.87. The highest BCUT2D eigenvalue weighted by Crippen LogP contribution is 2.39. The lowest BCUT2D eigenvalue weighted by molar-refractivity contribution is -0.116. The molecule has 9 heteroatoms. The van der Waals surface area contributed by atoms with E-state index in [0.717, 1.165) is 55.4 Å². The molecule has 1 unspecified atom stereocenters. The van der Waals surface area contributed by atoms with Crippen LogP contribution in [0.25, 0.3) is 0 Å². The Morgan fingerprint density at radius 1 is 0.925 bits per heavy atom. The van der Waals surface area contributed by atoms with Gasteiger partial charge in [0, 0.05) is 36.7 Å². The van der Waals surface area contributed by atoms with Crippen LogP contribution in [0.3, 0.4) is 0 Å². The van der Waals surface area contributed by atoms with E-state index in [2.05, 4.69) is 10.6 Å². The van der Waals surface area contributed by atoms with E-state index in [1.165, 1.54) is 11.0 Å². The Balaban J connectivity index is 1.47. The van der Waals surface area contributed by atoms with Crippen molar-refractivity contribution in [3.05, 3.63) is 94.6 Å². The Kier molecular flexibility index (Phi) is 8.21. The predicted octanol–water partition coefficient (Wildman–Crippen LogP) is 5.29. The molecule has 0 spiro atoms. The van der Waals surface area contributed by atoms with Crippen molar-refractivity contribution in [3.8, 4) is 0 Å². The van der Waals surface area contributed by atoms with Crippen molar-refractivity contribution < 1.29 is 23.2 Å². The van der Waals surface area contributed by atoms with Gasteiger partial charge in [0.25, 0.3) is 11.8 Å². The zero-order valence-electron chi connectivity index (χ0n) is 22.1. The van der Waals surface area contributed by atoms with E-state index in [-0.39, 0.29) is 29.7 Å². The lowest BCUT2D eigenvalue weighted by Gasteiger charge is -2.37. The van der Waals surface area contributed by atoms with E-state index in [1.54, 1.807) is 18.2 Å². The first-order valence-electron chi connectivity index (χ1n) is 13.6. The molecule has 1 fully saturated rings. The first-order chi connectivity index (χ1) is 19.3. The monoisotopic (exact) mass is 546 g/mol. The molecule has 1 atom stereocenters. The number of carbonyl (C=O) groups excluding carboxylic acids is 3. The molecule has 1 heterocycles. The van der Waals surface area contributed by atoms with Crippen LogP contribution in [0.5, 0.6) is 0 Å². The van der Waals surface area contributed by atoms with E-state index >= 15 is 0 Å². The SMILES string of the molecule is NCc1cccc(CNC(=O)c2ccc3c(c2)NC(=O)CC(C2CCCCC2)N3C(=O)c2ccc(F)c(F)c2)c1. The Hall–Kier alpha value is -4.11. The largest absolute Gasteiger partial charge is 0.348 e. The van der Waals surface area contributed by atoms with Crippen molar-refractivity contribution in [2.45, 2.75) is 57.7 Å². The second-order valence-electron chi connectivity index (χ2n) is 10.5. The Labute approximate surface area is 231 Å². The molecule has 0 radical (unpaired) electrons. The summed E-state index contributed by atoms with van der Waals surface area (Å²) in [6.45, 7) is 0.689. The van der Waals surface area contributed by atoms with Crippen LogP contribution in [0.2, 0.25) is 0 Å². The molecule has 208 valence electrons. The minimum absolute atomic E-state index is 0.0125. The fourth-order valence-electron chi connectivity index (χ4n) is 5.72. The molecule has 4 N–H and O–H groups in total. The van der Waals surface area contributed by atoms with E-state index in [9.17, 15) is 23.2 Å². The van der Waals surface area contributed by atoms with Crippen molar-refractivity contribution in [2.75, 3.05) is 10.2 Å². The summed E-state index contributed by atoms with van der Waals surface area (Å²) in [4.78, 5) is 41.5. The van der Waals surface area contributed by atoms with Gasteiger partial charge in [-0.25, -0.2) is 8.78 Å². The fourth-order valence-corrected chi connectivity index (χ4v) is 5.72. The van der Waals surface area contributed by atoms with Crippen LogP contribution in [-0.2, 0) is 17.9 Å². The van der Waals surface area contributed by atoms with Crippen molar-refractivity contribution in [3.63, 3.8) is 0 Å². The van der Waals surface area contributed by atoms with Gasteiger partial charge in [-0.3, -0.25) is 14.4 Å². The van der Waals surface area contributed by atoms with Gasteiger partial charge in [0.15, 0.2) is 11.6 Å². The second kappa shape index (κ2) is 12.0. The lowest BCUT2D eigenvalue weighted by Crippen LogP contribution is -2.46. The summed E-state index contributed by atoms with van der Waals surface area (Å²) in [5, 5.41) is 5.75. The van der Waals surface area contributed by atoms with Gasteiger partial charge in [0.2, 0.25) is 5.91 Å². The highest BCUT2D eigenvalue weighted by Gasteiger charge is 2.38. The van der Waals surface area contributed by atoms with Crippen molar-refractivity contribution in [2.24, 2.45) is 11.7 Å². The van der Waals surface area contributed by atoms with Gasteiger partial charge in [-0.05, 0) is 66.3 Å². The normalized spacial score (nSPS) is 17.5. The number of nitrogens with zero attached hydrogens (tertiary/aromatic N) is 1. The number of hydrogen-bond acceptors (Lipinski definition) is 4. The maximum absolute atomic E-state index is 14.1. The van der Waals surface area contributed by atoms with Crippen LogP contribution in [0, 0.1) is 17.6 Å². The molecule has 3 aromatic rings. The summed E-state index contributed by atoms with van der Waals surface area (Å²) in [7, 11) is 0. The van der Waals surface area contributed by atoms with Gasteiger partial charge < -0.3 is 21.3 Å². The molecule has 1 saturated carbocycles. The third-order valence-corrected chi connectivity index (χ3v) is 7.78. The number of hydrogen-bond donors (Lipinski definition) is 3. The van der Waals surface area contributed by atoms with Gasteiger partial charge in [-0.2, -0.15) is 0 Å². The maximum Gasteiger partial charge on any atom is 0.258 e. The van der Waals surface area contributed by atoms with Crippen molar-refractivity contribution >= 4 is 29.1 Å². The zero-order valence-corrected chi connectivity index (χ0v) is 22.1. The van der Waals surface area contributed by atoms with E-state index < -0.39 is 23.6 Å². The summed E-state index contributed by atoms with van der Waals surface area (Å²) in [6, 6.07) is 15.0. The Morgan fingerprint density at radius 2 is 1.68 bits per heavy atom. The van der Waals surface area contributed by atoms with Crippen LogP contribution in [-0.4, -0.2) is 23.8 Å². The molecule has 3 amide bonds. The average Bonchev–Trinajstić information content (AvgIpc) is 3.12. The van der Waals surface area contributed by atoms with Gasteiger partial charge in [0.05, 0.1) is 11.4 Å². The third kappa shape index (κ3) is 5.89. The number of fused-ring (bicyclic) bond motifs is 1. The quantitative estimate of drug-likeness (QED) is 0.391. The average molecular weight is 547 g/mol. The van der Waals surface area contributed by atoms with E-state index in [1.807, 2.05) is 24.3 Å². The molecule has 2 aliphatic rings. The summed E-state index contributed by atoms with van der Waals surface area (Å²) >= 11 is 0. The molecule has 0 saturated heterocycles. The molecule has 5 rings (SSSR count). The lowest BCUT2D eigenvalue weighted by atomic mass is 9.81. The molecule has 40 heavy (non-hydrogen) atoms. The number of amides is 3. The summed E-state index contributed by atoms with van der Waals surface area (Å²) in [5.41, 5.74) is 8.60. The van der Waals surface area contributed by atoms with Gasteiger partial charge in [-0.15, -0.1) is 0 Å². The first-order valence-corrected chi connectivity index (χ1v) is 13.6. The third-order valence-electron chi connectivity index (χ3n) is 7.78. The number of carbonyl (C=O) groups is 3. The molecule has 0 aromatic heterocycles. The molecule has 0 bridgehead atoms. The zero-order chi connectivity index (χ0) is 28.2. The molecule has 7 nitrogen and oxygen atoms in total. The first kappa shape index (κ1) is 27.5. The highest BCUT2D eigenvalue weighted by molar-refractivity contribution is 6.12. The molecular weight excluding hydrogens is 514 g/mol. The Morgan fingerprint density at radius 3 is 2.42 bits per heavy atom. The summed E-state index contributed by atoms with van der Waals surface area (Å²) < 4.78 is 27.8.